The first-order valence-electron chi connectivity index (χ1n) is 2.98. The van der Waals surface area contributed by atoms with E-state index in [1.807, 2.05) is 0 Å². The molecule has 0 spiro atoms. The molecule has 1 amide bonds. The molecule has 0 radical (unpaired) electrons. The van der Waals surface area contributed by atoms with E-state index in [9.17, 15) is 13.6 Å². The molecule has 0 saturated heterocycles. The molecule has 0 aromatic rings. The molecule has 0 aromatic heterocycles. The van der Waals surface area contributed by atoms with Crippen molar-refractivity contribution in [2.45, 2.75) is 0 Å². The first-order chi connectivity index (χ1) is 5.07. The minimum Gasteiger partial charge on any atom is -0.772 e. The molecule has 0 aliphatic carbocycles. The van der Waals surface area contributed by atoms with E-state index < -0.39 is 22.7 Å². The third-order valence-corrected chi connectivity index (χ3v) is 1.59. The Hall–Kier alpha value is -0.460. The first-order valence-corrected chi connectivity index (χ1v) is 4.23. The Morgan fingerprint density at radius 2 is 2.27 bits per heavy atom. The largest absolute Gasteiger partial charge is 0.772 e. The summed E-state index contributed by atoms with van der Waals surface area (Å²) in [6, 6.07) is 0. The molecule has 0 saturated carbocycles. The lowest BCUT2D eigenvalue weighted by Gasteiger charge is -2.15. The number of hydrogen-bond acceptors (Lipinski definition) is 4. The van der Waals surface area contributed by atoms with Crippen molar-refractivity contribution in [3.8, 4) is 0 Å². The highest BCUT2D eigenvalue weighted by atomic mass is 32.2. The normalized spacial score (nSPS) is 12.6. The van der Waals surface area contributed by atoms with Crippen molar-refractivity contribution in [1.29, 1.82) is 0 Å². The minimum atomic E-state index is -2.34. The first kappa shape index (κ1) is 10.5. The summed E-state index contributed by atoms with van der Waals surface area (Å²) in [6.07, 6.45) is 0. The van der Waals surface area contributed by atoms with E-state index in [1.54, 1.807) is 0 Å². The maximum atomic E-state index is 10.8. The van der Waals surface area contributed by atoms with Crippen LogP contribution in [0.25, 0.3) is 0 Å². The van der Waals surface area contributed by atoms with Crippen molar-refractivity contribution in [3.63, 3.8) is 0 Å². The lowest BCUT2D eigenvalue weighted by atomic mass is 10.5. The van der Waals surface area contributed by atoms with Crippen LogP contribution >= 0.6 is 0 Å². The van der Waals surface area contributed by atoms with Crippen molar-refractivity contribution in [3.05, 3.63) is 0 Å². The molecule has 1 atom stereocenters. The molecule has 1 unspecified atom stereocenters. The summed E-state index contributed by atoms with van der Waals surface area (Å²) in [5.41, 5.74) is 0. The van der Waals surface area contributed by atoms with Crippen LogP contribution in [-0.2, 0) is 15.9 Å². The fraction of sp³-hybridized carbons (Fsp3) is 0.800. The third-order valence-electron chi connectivity index (χ3n) is 1.10. The van der Waals surface area contributed by atoms with Crippen molar-refractivity contribution in [2.24, 2.45) is 0 Å². The van der Waals surface area contributed by atoms with E-state index in [1.165, 1.54) is 7.05 Å². The fourth-order valence-corrected chi connectivity index (χ4v) is 0.908. The summed E-state index contributed by atoms with van der Waals surface area (Å²) in [4.78, 5) is 11.9. The summed E-state index contributed by atoms with van der Waals surface area (Å²) < 4.78 is 20.0. The second kappa shape index (κ2) is 5.22. The number of amides is 1. The van der Waals surface area contributed by atoms with Gasteiger partial charge in [-0.1, -0.05) is 0 Å². The highest BCUT2D eigenvalue weighted by Crippen LogP contribution is 1.85. The molecule has 11 heavy (non-hydrogen) atoms. The molecule has 0 fully saturated rings. The minimum absolute atomic E-state index is 0.159. The van der Waals surface area contributed by atoms with Crippen LogP contribution in [0.1, 0.15) is 0 Å². The fourth-order valence-electron chi connectivity index (χ4n) is 0.486. The zero-order valence-electron chi connectivity index (χ0n) is 6.15. The number of carbonyl (C=O) groups is 1. The number of aliphatic hydroxyl groups excluding tert-OH is 1. The second-order valence-corrected chi connectivity index (χ2v) is 2.88. The molecule has 6 heteroatoms. The monoisotopic (exact) mass is 180 g/mol. The quantitative estimate of drug-likeness (QED) is 0.524. The van der Waals surface area contributed by atoms with Gasteiger partial charge in [0.05, 0.1) is 12.4 Å². The SMILES string of the molecule is CN(CCO)C(=O)CS(=O)[O-]. The average molecular weight is 180 g/mol. The lowest BCUT2D eigenvalue weighted by molar-refractivity contribution is -0.127. The summed E-state index contributed by atoms with van der Waals surface area (Å²) in [6.45, 7) is 0.00374. The van der Waals surface area contributed by atoms with Crippen LogP contribution in [0.3, 0.4) is 0 Å². The average Bonchev–Trinajstić information content (AvgIpc) is 1.86. The molecule has 1 N–H and O–H groups in total. The van der Waals surface area contributed by atoms with Crippen LogP contribution in [0.5, 0.6) is 0 Å². The summed E-state index contributed by atoms with van der Waals surface area (Å²) in [7, 11) is 1.44. The Balaban J connectivity index is 3.73. The Morgan fingerprint density at radius 3 is 2.64 bits per heavy atom. The number of aliphatic hydroxyl groups is 1. The molecule has 0 bridgehead atoms. The van der Waals surface area contributed by atoms with E-state index in [4.69, 9.17) is 5.11 Å². The predicted molar refractivity (Wildman–Crippen MR) is 38.5 cm³/mol. The molecule has 0 aromatic carbocycles. The predicted octanol–water partition coefficient (Wildman–Crippen LogP) is -1.68. The van der Waals surface area contributed by atoms with Crippen LogP contribution in [0.4, 0.5) is 0 Å². The highest BCUT2D eigenvalue weighted by molar-refractivity contribution is 7.79. The Kier molecular flexibility index (Phi) is 5.01. The molecular formula is C5H10NO4S-. The van der Waals surface area contributed by atoms with Crippen LogP contribution in [-0.4, -0.2) is 50.6 Å². The van der Waals surface area contributed by atoms with E-state index in [0.717, 1.165) is 4.90 Å². The Morgan fingerprint density at radius 1 is 1.73 bits per heavy atom. The standard InChI is InChI=1S/C5H11NO4S/c1-6(2-3-7)5(8)4-11(9)10/h7H,2-4H2,1H3,(H,9,10)/p-1. The smallest absolute Gasteiger partial charge is 0.233 e. The van der Waals surface area contributed by atoms with Gasteiger partial charge in [0.15, 0.2) is 0 Å². The topological polar surface area (TPSA) is 80.7 Å². The highest BCUT2D eigenvalue weighted by Gasteiger charge is 2.06. The molecule has 66 valence electrons. The Labute approximate surface area is 67.3 Å². The zero-order chi connectivity index (χ0) is 8.85. The van der Waals surface area contributed by atoms with Gasteiger partial charge in [0.2, 0.25) is 5.91 Å². The molecule has 5 nitrogen and oxygen atoms in total. The van der Waals surface area contributed by atoms with Crippen molar-refractivity contribution >= 4 is 17.0 Å². The van der Waals surface area contributed by atoms with Crippen LogP contribution < -0.4 is 0 Å². The maximum absolute atomic E-state index is 10.8. The van der Waals surface area contributed by atoms with E-state index in [0.29, 0.717) is 0 Å². The van der Waals surface area contributed by atoms with E-state index in [-0.39, 0.29) is 13.2 Å². The van der Waals surface area contributed by atoms with Gasteiger partial charge in [-0.05, 0) is 11.1 Å². The molecule has 0 aliphatic heterocycles. The zero-order valence-corrected chi connectivity index (χ0v) is 6.97. The van der Waals surface area contributed by atoms with Crippen LogP contribution in [0.15, 0.2) is 0 Å². The number of rotatable bonds is 4. The van der Waals surface area contributed by atoms with Crippen LogP contribution in [0, 0.1) is 0 Å². The van der Waals surface area contributed by atoms with Crippen molar-refractivity contribution in [1.82, 2.24) is 4.90 Å². The number of likely N-dealkylation sites (N-methyl/N-ethyl adjacent to an activating group) is 1. The van der Waals surface area contributed by atoms with Crippen molar-refractivity contribution in [2.75, 3.05) is 26.0 Å². The van der Waals surface area contributed by atoms with Crippen molar-refractivity contribution < 1.29 is 18.7 Å². The maximum Gasteiger partial charge on any atom is 0.233 e. The molecule has 0 rings (SSSR count). The molecule has 0 heterocycles. The van der Waals surface area contributed by atoms with Gasteiger partial charge in [-0.15, -0.1) is 0 Å². The number of nitrogens with zero attached hydrogens (tertiary/aromatic N) is 1. The van der Waals surface area contributed by atoms with Crippen LogP contribution in [0.2, 0.25) is 0 Å². The number of carbonyl (C=O) groups excluding carboxylic acids is 1. The van der Waals surface area contributed by atoms with E-state index >= 15 is 0 Å². The van der Waals surface area contributed by atoms with Gasteiger partial charge in [-0.2, -0.15) is 0 Å². The third kappa shape index (κ3) is 4.88. The van der Waals surface area contributed by atoms with Gasteiger partial charge in [0, 0.05) is 13.6 Å². The molecule has 0 aliphatic rings. The Bertz CT molecular complexity index is 161. The van der Waals surface area contributed by atoms with Gasteiger partial charge in [0.1, 0.15) is 0 Å². The second-order valence-electron chi connectivity index (χ2n) is 1.99. The van der Waals surface area contributed by atoms with Gasteiger partial charge >= 0.3 is 0 Å². The van der Waals surface area contributed by atoms with E-state index in [2.05, 4.69) is 0 Å². The van der Waals surface area contributed by atoms with Gasteiger partial charge in [-0.3, -0.25) is 9.00 Å². The van der Waals surface area contributed by atoms with Gasteiger partial charge in [-0.25, -0.2) is 0 Å². The summed E-state index contributed by atoms with van der Waals surface area (Å²) in [5.74, 6) is -1.02. The van der Waals surface area contributed by atoms with Gasteiger partial charge < -0.3 is 14.6 Å². The van der Waals surface area contributed by atoms with Gasteiger partial charge in [0.25, 0.3) is 0 Å². The summed E-state index contributed by atoms with van der Waals surface area (Å²) >= 11 is -2.34. The lowest BCUT2D eigenvalue weighted by Crippen LogP contribution is -2.32. The summed E-state index contributed by atoms with van der Waals surface area (Å²) in [5, 5.41) is 8.37. The number of hydrogen-bond donors (Lipinski definition) is 1. The molecular weight excluding hydrogens is 170 g/mol.